The van der Waals surface area contributed by atoms with Gasteiger partial charge in [0.2, 0.25) is 5.88 Å². The molecule has 11 nitrogen and oxygen atoms in total. The summed E-state index contributed by atoms with van der Waals surface area (Å²) in [5.41, 5.74) is 1.08. The van der Waals surface area contributed by atoms with Gasteiger partial charge in [-0.1, -0.05) is 0 Å². The molecule has 2 aromatic heterocycles. The zero-order chi connectivity index (χ0) is 29.9. The fraction of sp³-hybridized carbons (Fsp3) is 0.500. The first-order valence-corrected chi connectivity index (χ1v) is 14.1. The van der Waals surface area contributed by atoms with Gasteiger partial charge in [-0.3, -0.25) is 0 Å². The Morgan fingerprint density at radius 1 is 1.05 bits per heavy atom. The van der Waals surface area contributed by atoms with Gasteiger partial charge in [-0.2, -0.15) is 5.10 Å². The minimum atomic E-state index is -0.551. The third-order valence-electron chi connectivity index (χ3n) is 7.43. The fourth-order valence-corrected chi connectivity index (χ4v) is 5.20. The van der Waals surface area contributed by atoms with Crippen LogP contribution in [0.4, 0.5) is 15.0 Å². The normalized spacial score (nSPS) is 17.1. The fourth-order valence-electron chi connectivity index (χ4n) is 5.20. The minimum Gasteiger partial charge on any atom is -0.480 e. The molecule has 1 aromatic carbocycles. The first kappa shape index (κ1) is 29.4. The molecule has 1 saturated heterocycles. The molecule has 12 heteroatoms. The van der Waals surface area contributed by atoms with E-state index in [-0.39, 0.29) is 36.4 Å². The van der Waals surface area contributed by atoms with Gasteiger partial charge in [0.05, 0.1) is 25.0 Å². The lowest BCUT2D eigenvalue weighted by molar-refractivity contribution is -0.00351. The van der Waals surface area contributed by atoms with E-state index >= 15 is 4.39 Å². The third-order valence-corrected chi connectivity index (χ3v) is 7.43. The summed E-state index contributed by atoms with van der Waals surface area (Å²) < 4.78 is 37.2. The number of anilines is 1. The van der Waals surface area contributed by atoms with Crippen molar-refractivity contribution in [1.82, 2.24) is 25.3 Å². The molecule has 1 atom stereocenters. The third kappa shape index (κ3) is 6.53. The van der Waals surface area contributed by atoms with Crippen molar-refractivity contribution in [2.24, 2.45) is 0 Å². The molecular weight excluding hydrogens is 543 g/mol. The topological polar surface area (TPSA) is 112 Å². The molecule has 1 amide bonds. The number of nitrogens with zero attached hydrogens (tertiary/aromatic N) is 6. The molecular formula is C30H37FN6O5. The SMILES string of the molecule is COCOc1cc(-c2cnnc(OC)c2)c(F)cc1-c1ccc(N2CC[C@H](N(C(=O)OC(C)(C)C)C3CCC3)C2)nn1. The van der Waals surface area contributed by atoms with Gasteiger partial charge in [-0.05, 0) is 70.7 Å². The van der Waals surface area contributed by atoms with Gasteiger partial charge < -0.3 is 28.7 Å². The van der Waals surface area contributed by atoms with Crippen molar-refractivity contribution in [2.75, 3.05) is 39.0 Å². The van der Waals surface area contributed by atoms with E-state index < -0.39 is 11.4 Å². The summed E-state index contributed by atoms with van der Waals surface area (Å²) in [5.74, 6) is 0.838. The van der Waals surface area contributed by atoms with Crippen LogP contribution < -0.4 is 14.4 Å². The van der Waals surface area contributed by atoms with Gasteiger partial charge in [-0.15, -0.1) is 15.3 Å². The predicted octanol–water partition coefficient (Wildman–Crippen LogP) is 5.10. The number of methoxy groups -OCH3 is 2. The average molecular weight is 581 g/mol. The Bertz CT molecular complexity index is 1400. The van der Waals surface area contributed by atoms with Crippen LogP contribution in [0.2, 0.25) is 0 Å². The maximum Gasteiger partial charge on any atom is 0.410 e. The van der Waals surface area contributed by atoms with Crippen molar-refractivity contribution in [3.05, 3.63) is 42.3 Å². The number of amides is 1. The van der Waals surface area contributed by atoms with E-state index in [0.717, 1.165) is 32.2 Å². The van der Waals surface area contributed by atoms with Crippen LogP contribution in [0.25, 0.3) is 22.4 Å². The number of benzene rings is 1. The highest BCUT2D eigenvalue weighted by Crippen LogP contribution is 2.37. The summed E-state index contributed by atoms with van der Waals surface area (Å²) in [7, 11) is 2.98. The molecule has 0 N–H and O–H groups in total. The summed E-state index contributed by atoms with van der Waals surface area (Å²) in [4.78, 5) is 17.2. The number of aromatic nitrogens is 4. The lowest BCUT2D eigenvalue weighted by atomic mass is 9.90. The first-order chi connectivity index (χ1) is 20.2. The molecule has 3 aromatic rings. The van der Waals surface area contributed by atoms with Crippen LogP contribution in [-0.2, 0) is 9.47 Å². The minimum absolute atomic E-state index is 0.0311. The highest BCUT2D eigenvalue weighted by molar-refractivity contribution is 5.75. The molecule has 224 valence electrons. The molecule has 1 saturated carbocycles. The molecule has 5 rings (SSSR count). The molecule has 1 aliphatic carbocycles. The molecule has 1 aliphatic heterocycles. The molecule has 2 fully saturated rings. The van der Waals surface area contributed by atoms with E-state index in [1.807, 2.05) is 31.7 Å². The lowest BCUT2D eigenvalue weighted by Gasteiger charge is -2.41. The monoisotopic (exact) mass is 580 g/mol. The van der Waals surface area contributed by atoms with Crippen molar-refractivity contribution in [3.63, 3.8) is 0 Å². The highest BCUT2D eigenvalue weighted by Gasteiger charge is 2.40. The average Bonchev–Trinajstić information content (AvgIpc) is 3.43. The van der Waals surface area contributed by atoms with Gasteiger partial charge in [0.15, 0.2) is 12.6 Å². The Kier molecular flexibility index (Phi) is 8.72. The first-order valence-electron chi connectivity index (χ1n) is 14.1. The van der Waals surface area contributed by atoms with Gasteiger partial charge in [0, 0.05) is 49.0 Å². The Hall–Kier alpha value is -4.06. The second kappa shape index (κ2) is 12.4. The van der Waals surface area contributed by atoms with Crippen LogP contribution in [0.15, 0.2) is 36.5 Å². The summed E-state index contributed by atoms with van der Waals surface area (Å²) in [5, 5.41) is 16.6. The molecule has 2 aliphatic rings. The zero-order valence-corrected chi connectivity index (χ0v) is 24.7. The Morgan fingerprint density at radius 2 is 1.86 bits per heavy atom. The summed E-state index contributed by atoms with van der Waals surface area (Å²) in [6.07, 6.45) is 5.13. The molecule has 42 heavy (non-hydrogen) atoms. The largest absolute Gasteiger partial charge is 0.480 e. The van der Waals surface area contributed by atoms with Crippen molar-refractivity contribution in [2.45, 2.75) is 64.1 Å². The lowest BCUT2D eigenvalue weighted by Crippen LogP contribution is -2.52. The van der Waals surface area contributed by atoms with E-state index in [1.165, 1.54) is 26.5 Å². The number of carbonyl (C=O) groups excluding carboxylic acids is 1. The quantitative estimate of drug-likeness (QED) is 0.317. The van der Waals surface area contributed by atoms with Crippen LogP contribution in [-0.4, -0.2) is 83.2 Å². The molecule has 0 unspecified atom stereocenters. The number of hydrogen-bond acceptors (Lipinski definition) is 10. The van der Waals surface area contributed by atoms with Crippen LogP contribution in [0.3, 0.4) is 0 Å². The van der Waals surface area contributed by atoms with Crippen LogP contribution in [0, 0.1) is 5.82 Å². The molecule has 0 bridgehead atoms. The Labute approximate surface area is 244 Å². The van der Waals surface area contributed by atoms with E-state index in [2.05, 4.69) is 25.3 Å². The predicted molar refractivity (Wildman–Crippen MR) is 154 cm³/mol. The zero-order valence-electron chi connectivity index (χ0n) is 24.7. The number of rotatable bonds is 9. The van der Waals surface area contributed by atoms with E-state index in [0.29, 0.717) is 34.9 Å². The van der Waals surface area contributed by atoms with Crippen LogP contribution in [0.1, 0.15) is 46.5 Å². The second-order valence-electron chi connectivity index (χ2n) is 11.5. The smallest absolute Gasteiger partial charge is 0.410 e. The van der Waals surface area contributed by atoms with E-state index in [4.69, 9.17) is 18.9 Å². The maximum atomic E-state index is 15.4. The summed E-state index contributed by atoms with van der Waals surface area (Å²) >= 11 is 0. The van der Waals surface area contributed by atoms with E-state index in [1.54, 1.807) is 18.2 Å². The van der Waals surface area contributed by atoms with Crippen molar-refractivity contribution in [3.8, 4) is 34.0 Å². The maximum absolute atomic E-state index is 15.4. The van der Waals surface area contributed by atoms with Gasteiger partial charge in [0.1, 0.15) is 17.2 Å². The Balaban J connectivity index is 1.36. The molecule has 0 spiro atoms. The number of halogens is 1. The van der Waals surface area contributed by atoms with Crippen LogP contribution in [0.5, 0.6) is 11.6 Å². The molecule has 3 heterocycles. The molecule has 0 radical (unpaired) electrons. The van der Waals surface area contributed by atoms with Crippen molar-refractivity contribution < 1.29 is 28.1 Å². The van der Waals surface area contributed by atoms with Gasteiger partial charge in [-0.25, -0.2) is 9.18 Å². The summed E-state index contributed by atoms with van der Waals surface area (Å²) in [6, 6.07) is 8.42. The second-order valence-corrected chi connectivity index (χ2v) is 11.5. The van der Waals surface area contributed by atoms with Crippen molar-refractivity contribution >= 4 is 11.9 Å². The number of hydrogen-bond donors (Lipinski definition) is 0. The number of carbonyl (C=O) groups is 1. The van der Waals surface area contributed by atoms with Gasteiger partial charge >= 0.3 is 6.09 Å². The van der Waals surface area contributed by atoms with Crippen LogP contribution >= 0.6 is 0 Å². The standard InChI is InChI=1S/C30H37FN6O5/c1-30(2,3)42-29(38)37(20-7-6-8-20)21-11-12-36(17-21)27-10-9-25(33-34-27)23-14-24(31)22(15-26(23)41-18-39-4)19-13-28(40-5)35-32-16-19/h9-10,13-16,20-21H,6-8,11-12,17-18H2,1-5H3/t21-/m0/s1. The van der Waals surface area contributed by atoms with E-state index in [9.17, 15) is 4.79 Å². The van der Waals surface area contributed by atoms with Crippen molar-refractivity contribution in [1.29, 1.82) is 0 Å². The van der Waals surface area contributed by atoms with Gasteiger partial charge in [0.25, 0.3) is 0 Å². The summed E-state index contributed by atoms with van der Waals surface area (Å²) in [6.45, 7) is 7.01. The number of ether oxygens (including phenoxy) is 4. The Morgan fingerprint density at radius 3 is 2.50 bits per heavy atom. The highest BCUT2D eigenvalue weighted by atomic mass is 19.1.